The third-order valence-corrected chi connectivity index (χ3v) is 6.22. The molecule has 1 saturated heterocycles. The minimum atomic E-state index is -3.42. The quantitative estimate of drug-likeness (QED) is 0.722. The van der Waals surface area contributed by atoms with Crippen LogP contribution in [0.25, 0.3) is 0 Å². The lowest BCUT2D eigenvalue weighted by molar-refractivity contribution is 0.0710. The molecule has 0 aromatic heterocycles. The molecule has 1 fully saturated rings. The van der Waals surface area contributed by atoms with E-state index < -0.39 is 10.2 Å². The number of hydrogen-bond donors (Lipinski definition) is 1. The van der Waals surface area contributed by atoms with Crippen LogP contribution in [0.5, 0.6) is 0 Å². The lowest BCUT2D eigenvalue weighted by atomic mass is 10.0. The van der Waals surface area contributed by atoms with Crippen LogP contribution in [0.15, 0.2) is 24.3 Å². The molecule has 0 spiro atoms. The first kappa shape index (κ1) is 17.6. The van der Waals surface area contributed by atoms with E-state index >= 15 is 0 Å². The summed E-state index contributed by atoms with van der Waals surface area (Å²) in [5.74, 6) is 0.0129. The first-order valence-corrected chi connectivity index (χ1v) is 9.56. The Hall–Kier alpha value is -0.710. The maximum absolute atomic E-state index is 12.5. The largest absolute Gasteiger partial charge is 0.338 e. The molecule has 1 aliphatic rings. The summed E-state index contributed by atoms with van der Waals surface area (Å²) in [6.45, 7) is 1.12. The van der Waals surface area contributed by atoms with E-state index in [9.17, 15) is 13.2 Å². The Morgan fingerprint density at radius 1 is 1.27 bits per heavy atom. The molecule has 1 aliphatic heterocycles. The zero-order valence-corrected chi connectivity index (χ0v) is 15.6. The smallest absolute Gasteiger partial charge is 0.279 e. The molecule has 1 aromatic carbocycles. The van der Waals surface area contributed by atoms with Crippen LogP contribution >= 0.6 is 22.6 Å². The Balaban J connectivity index is 1.95. The van der Waals surface area contributed by atoms with Gasteiger partial charge in [-0.25, -0.2) is 0 Å². The van der Waals surface area contributed by atoms with Crippen molar-refractivity contribution < 1.29 is 13.2 Å². The van der Waals surface area contributed by atoms with Crippen LogP contribution in [0.4, 0.5) is 0 Å². The fourth-order valence-electron chi connectivity index (χ4n) is 2.32. The normalized spacial score (nSPS) is 17.0. The van der Waals surface area contributed by atoms with Crippen molar-refractivity contribution in [2.45, 2.75) is 18.9 Å². The minimum Gasteiger partial charge on any atom is -0.338 e. The standard InChI is InChI=1S/C14H20IN3O3S/c1-17(2)22(20,21)16-11-7-9-18(10-8-11)14(19)12-5-3-4-6-13(12)15/h3-6,11,16H,7-10H2,1-2H3. The molecule has 0 saturated carbocycles. The summed E-state index contributed by atoms with van der Waals surface area (Å²) in [5, 5.41) is 0. The summed E-state index contributed by atoms with van der Waals surface area (Å²) in [7, 11) is -0.419. The van der Waals surface area contributed by atoms with Crippen molar-refractivity contribution in [1.82, 2.24) is 13.9 Å². The molecule has 0 radical (unpaired) electrons. The number of nitrogens with one attached hydrogen (secondary N) is 1. The molecule has 1 aromatic rings. The number of benzene rings is 1. The summed E-state index contributed by atoms with van der Waals surface area (Å²) in [5.41, 5.74) is 0.704. The molecular formula is C14H20IN3O3S. The van der Waals surface area contributed by atoms with Crippen LogP contribution in [0.1, 0.15) is 23.2 Å². The first-order valence-electron chi connectivity index (χ1n) is 7.05. The van der Waals surface area contributed by atoms with Gasteiger partial charge in [0.15, 0.2) is 0 Å². The number of halogens is 1. The molecule has 22 heavy (non-hydrogen) atoms. The van der Waals surface area contributed by atoms with Crippen LogP contribution in [0.2, 0.25) is 0 Å². The van der Waals surface area contributed by atoms with Gasteiger partial charge in [0.25, 0.3) is 16.1 Å². The average molecular weight is 437 g/mol. The van der Waals surface area contributed by atoms with E-state index in [0.29, 0.717) is 31.5 Å². The predicted molar refractivity (Wildman–Crippen MR) is 93.8 cm³/mol. The first-order chi connectivity index (χ1) is 10.3. The van der Waals surface area contributed by atoms with Crippen molar-refractivity contribution in [2.75, 3.05) is 27.2 Å². The number of piperidine rings is 1. The van der Waals surface area contributed by atoms with Gasteiger partial charge in [0.05, 0.1) is 5.56 Å². The lowest BCUT2D eigenvalue weighted by Crippen LogP contribution is -2.49. The van der Waals surface area contributed by atoms with Gasteiger partial charge in [0, 0.05) is 36.8 Å². The highest BCUT2D eigenvalue weighted by Crippen LogP contribution is 2.18. The molecule has 0 bridgehead atoms. The van der Waals surface area contributed by atoms with E-state index in [2.05, 4.69) is 27.3 Å². The van der Waals surface area contributed by atoms with Crippen molar-refractivity contribution in [1.29, 1.82) is 0 Å². The molecule has 6 nitrogen and oxygen atoms in total. The van der Waals surface area contributed by atoms with E-state index in [4.69, 9.17) is 0 Å². The lowest BCUT2D eigenvalue weighted by Gasteiger charge is -2.33. The van der Waals surface area contributed by atoms with Crippen LogP contribution in [0, 0.1) is 3.57 Å². The van der Waals surface area contributed by atoms with E-state index in [1.54, 1.807) is 4.90 Å². The van der Waals surface area contributed by atoms with Crippen LogP contribution in [-0.4, -0.2) is 56.8 Å². The fourth-order valence-corrected chi connectivity index (χ4v) is 3.81. The number of amides is 1. The molecule has 1 N–H and O–H groups in total. The Kier molecular flexibility index (Phi) is 5.81. The Bertz CT molecular complexity index is 640. The number of nitrogens with zero attached hydrogens (tertiary/aromatic N) is 2. The van der Waals surface area contributed by atoms with Crippen molar-refractivity contribution in [3.8, 4) is 0 Å². The third kappa shape index (κ3) is 4.18. The topological polar surface area (TPSA) is 69.7 Å². The highest BCUT2D eigenvalue weighted by atomic mass is 127. The second-order valence-corrected chi connectivity index (χ2v) is 8.53. The van der Waals surface area contributed by atoms with E-state index in [1.807, 2.05) is 24.3 Å². The molecule has 1 heterocycles. The van der Waals surface area contributed by atoms with Gasteiger partial charge in [-0.3, -0.25) is 4.79 Å². The van der Waals surface area contributed by atoms with Gasteiger partial charge in [-0.1, -0.05) is 12.1 Å². The van der Waals surface area contributed by atoms with Crippen LogP contribution in [-0.2, 0) is 10.2 Å². The summed E-state index contributed by atoms with van der Waals surface area (Å²) >= 11 is 2.16. The predicted octanol–water partition coefficient (Wildman–Crippen LogP) is 1.29. The molecule has 1 amide bonds. The van der Waals surface area contributed by atoms with Crippen molar-refractivity contribution in [3.05, 3.63) is 33.4 Å². The molecule has 2 rings (SSSR count). The van der Waals surface area contributed by atoms with Gasteiger partial charge in [0.2, 0.25) is 0 Å². The second-order valence-electron chi connectivity index (χ2n) is 5.45. The van der Waals surface area contributed by atoms with Crippen LogP contribution < -0.4 is 4.72 Å². The number of hydrogen-bond acceptors (Lipinski definition) is 3. The number of rotatable bonds is 4. The van der Waals surface area contributed by atoms with Crippen molar-refractivity contribution in [2.24, 2.45) is 0 Å². The Morgan fingerprint density at radius 3 is 2.41 bits per heavy atom. The zero-order valence-electron chi connectivity index (χ0n) is 12.6. The molecule has 8 heteroatoms. The third-order valence-electron chi connectivity index (χ3n) is 3.68. The number of carbonyl (C=O) groups is 1. The van der Waals surface area contributed by atoms with Gasteiger partial charge >= 0.3 is 0 Å². The Morgan fingerprint density at radius 2 is 1.86 bits per heavy atom. The van der Waals surface area contributed by atoms with Gasteiger partial charge in [-0.05, 0) is 47.6 Å². The van der Waals surface area contributed by atoms with E-state index in [0.717, 1.165) is 7.88 Å². The van der Waals surface area contributed by atoms with Gasteiger partial charge < -0.3 is 4.90 Å². The van der Waals surface area contributed by atoms with Crippen LogP contribution in [0.3, 0.4) is 0 Å². The molecule has 0 atom stereocenters. The number of likely N-dealkylation sites (tertiary alicyclic amines) is 1. The fraction of sp³-hybridized carbons (Fsp3) is 0.500. The molecule has 122 valence electrons. The van der Waals surface area contributed by atoms with Gasteiger partial charge in [-0.15, -0.1) is 0 Å². The minimum absolute atomic E-state index is 0.0129. The summed E-state index contributed by atoms with van der Waals surface area (Å²) < 4.78 is 28.4. The summed E-state index contributed by atoms with van der Waals surface area (Å²) in [4.78, 5) is 14.3. The second kappa shape index (κ2) is 7.24. The summed E-state index contributed by atoms with van der Waals surface area (Å²) in [6.07, 6.45) is 1.25. The SMILES string of the molecule is CN(C)S(=O)(=O)NC1CCN(C(=O)c2ccccc2I)CC1. The van der Waals surface area contributed by atoms with Gasteiger partial charge in [-0.2, -0.15) is 17.4 Å². The van der Waals surface area contributed by atoms with E-state index in [-0.39, 0.29) is 11.9 Å². The Labute approximate surface area is 145 Å². The molecule has 0 aliphatic carbocycles. The van der Waals surface area contributed by atoms with Crippen molar-refractivity contribution in [3.63, 3.8) is 0 Å². The number of carbonyl (C=O) groups excluding carboxylic acids is 1. The zero-order chi connectivity index (χ0) is 16.3. The molecular weight excluding hydrogens is 417 g/mol. The highest BCUT2D eigenvalue weighted by Gasteiger charge is 2.27. The highest BCUT2D eigenvalue weighted by molar-refractivity contribution is 14.1. The monoisotopic (exact) mass is 437 g/mol. The van der Waals surface area contributed by atoms with Gasteiger partial charge in [0.1, 0.15) is 0 Å². The summed E-state index contributed by atoms with van der Waals surface area (Å²) in [6, 6.07) is 7.37. The average Bonchev–Trinajstić information content (AvgIpc) is 2.47. The maximum Gasteiger partial charge on any atom is 0.279 e. The van der Waals surface area contributed by atoms with E-state index in [1.165, 1.54) is 14.1 Å². The van der Waals surface area contributed by atoms with Crippen molar-refractivity contribution >= 4 is 38.7 Å². The molecule has 0 unspecified atom stereocenters. The maximum atomic E-state index is 12.5.